The molecular formula is C21H26NO2+. The minimum absolute atomic E-state index is 0.0263. The Labute approximate surface area is 144 Å². The van der Waals surface area contributed by atoms with E-state index in [2.05, 4.69) is 61.7 Å². The topological polar surface area (TPSA) is 29.3 Å². The maximum Gasteiger partial charge on any atom is 0.305 e. The highest BCUT2D eigenvalue weighted by molar-refractivity contribution is 6.01. The van der Waals surface area contributed by atoms with Gasteiger partial charge in [0.25, 0.3) is 0 Å². The molecule has 3 heteroatoms. The highest BCUT2D eigenvalue weighted by Gasteiger charge is 2.43. The van der Waals surface area contributed by atoms with E-state index in [1.165, 1.54) is 34.8 Å². The van der Waals surface area contributed by atoms with Gasteiger partial charge in [0.1, 0.15) is 6.54 Å². The van der Waals surface area contributed by atoms with Gasteiger partial charge in [0.2, 0.25) is 5.69 Å². The van der Waals surface area contributed by atoms with Gasteiger partial charge in [-0.25, -0.2) is 0 Å². The number of carbonyl (C=O) groups excluding carboxylic acids is 1. The van der Waals surface area contributed by atoms with Gasteiger partial charge in [-0.2, -0.15) is 4.58 Å². The molecule has 1 aliphatic heterocycles. The quantitative estimate of drug-likeness (QED) is 0.458. The Balaban J connectivity index is 1.91. The molecule has 0 N–H and O–H groups in total. The predicted molar refractivity (Wildman–Crippen MR) is 98.3 cm³/mol. The van der Waals surface area contributed by atoms with Crippen LogP contribution in [0, 0.1) is 0 Å². The van der Waals surface area contributed by atoms with Crippen molar-refractivity contribution in [3.05, 3.63) is 42.0 Å². The number of carbonyl (C=O) groups is 1. The van der Waals surface area contributed by atoms with Crippen molar-refractivity contribution in [3.8, 4) is 0 Å². The third-order valence-electron chi connectivity index (χ3n) is 5.37. The van der Waals surface area contributed by atoms with E-state index in [4.69, 9.17) is 4.74 Å². The number of nitrogens with zero attached hydrogens (tertiary/aromatic N) is 1. The smallest absolute Gasteiger partial charge is 0.305 e. The molecule has 0 radical (unpaired) electrons. The van der Waals surface area contributed by atoms with Crippen LogP contribution in [0.2, 0.25) is 0 Å². The molecule has 2 aromatic rings. The van der Waals surface area contributed by atoms with Crippen molar-refractivity contribution in [2.45, 2.75) is 45.4 Å². The lowest BCUT2D eigenvalue weighted by molar-refractivity contribution is -0.439. The zero-order valence-electron chi connectivity index (χ0n) is 15.1. The number of rotatable bonds is 5. The molecule has 2 aromatic carbocycles. The maximum atomic E-state index is 11.3. The van der Waals surface area contributed by atoms with Crippen LogP contribution in [0.25, 0.3) is 10.8 Å². The van der Waals surface area contributed by atoms with E-state index in [1.807, 2.05) is 0 Å². The Morgan fingerprint density at radius 3 is 2.62 bits per heavy atom. The second-order valence-electron chi connectivity index (χ2n) is 7.08. The molecule has 1 heterocycles. The first-order chi connectivity index (χ1) is 11.5. The number of esters is 1. The summed E-state index contributed by atoms with van der Waals surface area (Å²) < 4.78 is 7.15. The van der Waals surface area contributed by atoms with Crippen molar-refractivity contribution in [2.75, 3.05) is 13.7 Å². The van der Waals surface area contributed by atoms with Gasteiger partial charge < -0.3 is 4.74 Å². The summed E-state index contributed by atoms with van der Waals surface area (Å²) in [5, 5.41) is 2.64. The van der Waals surface area contributed by atoms with Crippen molar-refractivity contribution in [1.29, 1.82) is 0 Å². The summed E-state index contributed by atoms with van der Waals surface area (Å²) >= 11 is 0. The Morgan fingerprint density at radius 2 is 1.88 bits per heavy atom. The van der Waals surface area contributed by atoms with Crippen molar-refractivity contribution < 1.29 is 14.1 Å². The summed E-state index contributed by atoms with van der Waals surface area (Å²) in [5.74, 6) is -0.121. The summed E-state index contributed by atoms with van der Waals surface area (Å²) in [4.78, 5) is 11.3. The van der Waals surface area contributed by atoms with Crippen LogP contribution in [0.3, 0.4) is 0 Å². The first-order valence-electron chi connectivity index (χ1n) is 8.67. The third-order valence-corrected chi connectivity index (χ3v) is 5.37. The minimum Gasteiger partial charge on any atom is -0.469 e. The van der Waals surface area contributed by atoms with Gasteiger partial charge in [-0.05, 0) is 37.1 Å². The number of fused-ring (bicyclic) bond motifs is 3. The summed E-state index contributed by atoms with van der Waals surface area (Å²) in [6.45, 7) is 7.79. The molecule has 24 heavy (non-hydrogen) atoms. The van der Waals surface area contributed by atoms with Crippen LogP contribution >= 0.6 is 0 Å². The summed E-state index contributed by atoms with van der Waals surface area (Å²) in [6.07, 6.45) is 2.34. The molecule has 0 spiro atoms. The van der Waals surface area contributed by atoms with Crippen LogP contribution in [-0.2, 0) is 14.9 Å². The highest BCUT2D eigenvalue weighted by Crippen LogP contribution is 2.43. The third kappa shape index (κ3) is 2.72. The largest absolute Gasteiger partial charge is 0.469 e. The molecule has 0 aromatic heterocycles. The number of hydrogen-bond acceptors (Lipinski definition) is 2. The van der Waals surface area contributed by atoms with Crippen LogP contribution in [0.5, 0.6) is 0 Å². The summed E-state index contributed by atoms with van der Waals surface area (Å²) in [5.41, 5.74) is 4.14. The van der Waals surface area contributed by atoms with Gasteiger partial charge in [-0.1, -0.05) is 24.3 Å². The molecule has 0 bridgehead atoms. The van der Waals surface area contributed by atoms with E-state index in [0.29, 0.717) is 6.42 Å². The number of methoxy groups -OCH3 is 1. The van der Waals surface area contributed by atoms with E-state index >= 15 is 0 Å². The zero-order valence-corrected chi connectivity index (χ0v) is 15.1. The van der Waals surface area contributed by atoms with Gasteiger partial charge in [0.15, 0.2) is 5.71 Å². The van der Waals surface area contributed by atoms with Crippen LogP contribution in [0.4, 0.5) is 5.69 Å². The molecule has 126 valence electrons. The number of benzene rings is 2. The molecule has 0 aliphatic carbocycles. The van der Waals surface area contributed by atoms with E-state index in [9.17, 15) is 4.79 Å². The standard InChI is InChI=1S/C21H26NO2/c1-15-21(2,3)20-17-10-6-5-9-16(17)12-13-18(20)22(15)14-8-7-11-19(23)24-4/h5-6,9-10,12-13H,7-8,11,14H2,1-4H3/q+1. The Kier molecular flexibility index (Phi) is 4.44. The van der Waals surface area contributed by atoms with Gasteiger partial charge >= 0.3 is 5.97 Å². The maximum absolute atomic E-state index is 11.3. The van der Waals surface area contributed by atoms with E-state index < -0.39 is 0 Å². The second kappa shape index (κ2) is 6.39. The summed E-state index contributed by atoms with van der Waals surface area (Å²) in [6, 6.07) is 13.1. The number of unbranched alkanes of at least 4 members (excludes halogenated alkanes) is 1. The first-order valence-corrected chi connectivity index (χ1v) is 8.67. The van der Waals surface area contributed by atoms with E-state index in [1.54, 1.807) is 0 Å². The number of hydrogen-bond donors (Lipinski definition) is 0. The molecule has 3 nitrogen and oxygen atoms in total. The van der Waals surface area contributed by atoms with Gasteiger partial charge in [0, 0.05) is 31.4 Å². The van der Waals surface area contributed by atoms with Gasteiger partial charge in [0.05, 0.1) is 12.5 Å². The molecule has 3 rings (SSSR count). The summed E-state index contributed by atoms with van der Waals surface area (Å²) in [7, 11) is 1.45. The van der Waals surface area contributed by atoms with Crippen LogP contribution in [0.1, 0.15) is 45.6 Å². The molecule has 0 saturated carbocycles. The van der Waals surface area contributed by atoms with Crippen LogP contribution in [-0.4, -0.2) is 29.9 Å². The fourth-order valence-corrected chi connectivity index (χ4v) is 3.77. The van der Waals surface area contributed by atoms with Crippen LogP contribution in [0.15, 0.2) is 36.4 Å². The lowest BCUT2D eigenvalue weighted by Crippen LogP contribution is -2.27. The van der Waals surface area contributed by atoms with E-state index in [0.717, 1.165) is 19.4 Å². The predicted octanol–water partition coefficient (Wildman–Crippen LogP) is 4.58. The molecule has 0 atom stereocenters. The van der Waals surface area contributed by atoms with Crippen molar-refractivity contribution in [1.82, 2.24) is 0 Å². The van der Waals surface area contributed by atoms with Crippen LogP contribution < -0.4 is 0 Å². The van der Waals surface area contributed by atoms with Gasteiger partial charge in [-0.15, -0.1) is 0 Å². The average molecular weight is 324 g/mol. The lowest BCUT2D eigenvalue weighted by atomic mass is 9.80. The Hall–Kier alpha value is -2.16. The Bertz CT molecular complexity index is 818. The molecular weight excluding hydrogens is 298 g/mol. The van der Waals surface area contributed by atoms with E-state index in [-0.39, 0.29) is 11.4 Å². The molecule has 0 fully saturated rings. The zero-order chi connectivity index (χ0) is 17.3. The molecule has 0 saturated heterocycles. The Morgan fingerprint density at radius 1 is 1.12 bits per heavy atom. The fourth-order valence-electron chi connectivity index (χ4n) is 3.77. The SMILES string of the molecule is COC(=O)CCCC[N+]1=C(C)C(C)(C)c2c1ccc1ccccc21. The highest BCUT2D eigenvalue weighted by atomic mass is 16.5. The molecule has 0 unspecified atom stereocenters. The fraction of sp³-hybridized carbons (Fsp3) is 0.429. The lowest BCUT2D eigenvalue weighted by Gasteiger charge is -2.17. The minimum atomic E-state index is -0.121. The van der Waals surface area contributed by atoms with Crippen molar-refractivity contribution >= 4 is 28.1 Å². The molecule has 0 amide bonds. The second-order valence-corrected chi connectivity index (χ2v) is 7.08. The molecule has 1 aliphatic rings. The van der Waals surface area contributed by atoms with Crippen molar-refractivity contribution in [2.24, 2.45) is 0 Å². The van der Waals surface area contributed by atoms with Crippen molar-refractivity contribution in [3.63, 3.8) is 0 Å². The normalized spacial score (nSPS) is 15.7. The van der Waals surface area contributed by atoms with Gasteiger partial charge in [-0.3, -0.25) is 4.79 Å². The monoisotopic (exact) mass is 324 g/mol. The average Bonchev–Trinajstić information content (AvgIpc) is 2.78. The number of ether oxygens (including phenoxy) is 1. The first kappa shape index (κ1) is 16.7.